The lowest BCUT2D eigenvalue weighted by atomic mass is 10.2. The number of thiazole rings is 1. The van der Waals surface area contributed by atoms with Crippen LogP contribution in [0.25, 0.3) is 0 Å². The zero-order chi connectivity index (χ0) is 14.5. The van der Waals surface area contributed by atoms with Gasteiger partial charge < -0.3 is 4.74 Å². The third-order valence-electron chi connectivity index (χ3n) is 2.73. The average molecular weight is 289 g/mol. The highest BCUT2D eigenvalue weighted by molar-refractivity contribution is 7.09. The summed E-state index contributed by atoms with van der Waals surface area (Å²) >= 11 is 1.56. The molecule has 102 valence electrons. The van der Waals surface area contributed by atoms with Crippen LogP contribution in [0.2, 0.25) is 0 Å². The minimum absolute atomic E-state index is 0.0284. The molecule has 0 aliphatic rings. The predicted molar refractivity (Wildman–Crippen MR) is 73.9 cm³/mol. The molecule has 2 rings (SSSR count). The number of nitriles is 1. The van der Waals surface area contributed by atoms with Crippen LogP contribution in [0.3, 0.4) is 0 Å². The Morgan fingerprint density at radius 2 is 2.35 bits per heavy atom. The standard InChI is InChI=1S/C13H11N3O3S/c1-9-13(20-8-15-9)4-5-19-11-3-2-10(7-14)12(6-11)16(17)18/h2-3,6,8H,4-5H2,1H3. The second kappa shape index (κ2) is 6.12. The van der Waals surface area contributed by atoms with E-state index < -0.39 is 4.92 Å². The number of hydrogen-bond donors (Lipinski definition) is 0. The first-order chi connectivity index (χ1) is 9.61. The van der Waals surface area contributed by atoms with Crippen LogP contribution < -0.4 is 4.74 Å². The Balaban J connectivity index is 2.04. The molecule has 7 heteroatoms. The van der Waals surface area contributed by atoms with Crippen molar-refractivity contribution in [1.82, 2.24) is 4.98 Å². The number of nitrogens with zero attached hydrogens (tertiary/aromatic N) is 3. The number of hydrogen-bond acceptors (Lipinski definition) is 6. The first-order valence-corrected chi connectivity index (χ1v) is 6.70. The third kappa shape index (κ3) is 3.10. The van der Waals surface area contributed by atoms with Gasteiger partial charge >= 0.3 is 0 Å². The van der Waals surface area contributed by atoms with E-state index in [4.69, 9.17) is 10.00 Å². The van der Waals surface area contributed by atoms with Gasteiger partial charge in [0, 0.05) is 11.3 Å². The summed E-state index contributed by atoms with van der Waals surface area (Å²) in [6, 6.07) is 6.02. The molecular formula is C13H11N3O3S. The van der Waals surface area contributed by atoms with Crippen LogP contribution in [0.1, 0.15) is 16.1 Å². The van der Waals surface area contributed by atoms with E-state index in [1.165, 1.54) is 12.1 Å². The Morgan fingerprint density at radius 3 is 2.95 bits per heavy atom. The molecule has 1 heterocycles. The van der Waals surface area contributed by atoms with E-state index in [1.807, 2.05) is 6.92 Å². The fraction of sp³-hybridized carbons (Fsp3) is 0.231. The summed E-state index contributed by atoms with van der Waals surface area (Å²) in [5.74, 6) is 0.387. The molecule has 0 fully saturated rings. The molecule has 2 aromatic rings. The molecule has 1 aromatic carbocycles. The first kappa shape index (κ1) is 14.0. The van der Waals surface area contributed by atoms with E-state index in [0.29, 0.717) is 18.8 Å². The van der Waals surface area contributed by atoms with Crippen molar-refractivity contribution >= 4 is 17.0 Å². The third-order valence-corrected chi connectivity index (χ3v) is 3.72. The van der Waals surface area contributed by atoms with Crippen LogP contribution in [0.15, 0.2) is 23.7 Å². The number of nitro benzene ring substituents is 1. The Morgan fingerprint density at radius 1 is 1.55 bits per heavy atom. The minimum Gasteiger partial charge on any atom is -0.493 e. The van der Waals surface area contributed by atoms with Crippen molar-refractivity contribution < 1.29 is 9.66 Å². The smallest absolute Gasteiger partial charge is 0.290 e. The van der Waals surface area contributed by atoms with Crippen LogP contribution in [0.4, 0.5) is 5.69 Å². The van der Waals surface area contributed by atoms with Gasteiger partial charge in [0.15, 0.2) is 0 Å². The van der Waals surface area contributed by atoms with Gasteiger partial charge in [-0.3, -0.25) is 10.1 Å². The summed E-state index contributed by atoms with van der Waals surface area (Å²) < 4.78 is 5.49. The SMILES string of the molecule is Cc1ncsc1CCOc1ccc(C#N)c([N+](=O)[O-])c1. The summed E-state index contributed by atoms with van der Waals surface area (Å²) in [5, 5.41) is 19.6. The Kier molecular flexibility index (Phi) is 4.27. The van der Waals surface area contributed by atoms with Gasteiger partial charge in [0.25, 0.3) is 5.69 Å². The molecule has 0 amide bonds. The van der Waals surface area contributed by atoms with Gasteiger partial charge in [-0.2, -0.15) is 5.26 Å². The van der Waals surface area contributed by atoms with E-state index in [2.05, 4.69) is 4.98 Å². The van der Waals surface area contributed by atoms with Crippen molar-refractivity contribution in [3.8, 4) is 11.8 Å². The van der Waals surface area contributed by atoms with Gasteiger partial charge in [0.2, 0.25) is 0 Å². The lowest BCUT2D eigenvalue weighted by molar-refractivity contribution is -0.385. The fourth-order valence-corrected chi connectivity index (χ4v) is 2.44. The highest BCUT2D eigenvalue weighted by Gasteiger charge is 2.14. The van der Waals surface area contributed by atoms with E-state index in [0.717, 1.165) is 10.6 Å². The average Bonchev–Trinajstić information content (AvgIpc) is 2.84. The summed E-state index contributed by atoms with van der Waals surface area (Å²) in [4.78, 5) is 15.5. The van der Waals surface area contributed by atoms with Gasteiger partial charge in [0.1, 0.15) is 17.4 Å². The van der Waals surface area contributed by atoms with E-state index >= 15 is 0 Å². The molecule has 0 spiro atoms. The second-order valence-corrected chi connectivity index (χ2v) is 4.95. The summed E-state index contributed by atoms with van der Waals surface area (Å²) in [7, 11) is 0. The van der Waals surface area contributed by atoms with Gasteiger partial charge in [-0.15, -0.1) is 11.3 Å². The molecule has 0 aliphatic heterocycles. The van der Waals surface area contributed by atoms with Crippen LogP contribution in [-0.4, -0.2) is 16.5 Å². The molecule has 20 heavy (non-hydrogen) atoms. The monoisotopic (exact) mass is 289 g/mol. The number of nitro groups is 1. The van der Waals surface area contributed by atoms with Crippen LogP contribution in [0.5, 0.6) is 5.75 Å². The molecule has 0 saturated carbocycles. The van der Waals surface area contributed by atoms with E-state index in [9.17, 15) is 10.1 Å². The predicted octanol–water partition coefficient (Wildman–Crippen LogP) is 2.85. The quantitative estimate of drug-likeness (QED) is 0.623. The zero-order valence-corrected chi connectivity index (χ0v) is 11.5. The summed E-state index contributed by atoms with van der Waals surface area (Å²) in [6.07, 6.45) is 0.699. The molecule has 0 N–H and O–H groups in total. The minimum atomic E-state index is -0.585. The Bertz CT molecular complexity index is 676. The van der Waals surface area contributed by atoms with Crippen LogP contribution in [0, 0.1) is 28.4 Å². The van der Waals surface area contributed by atoms with Crippen molar-refractivity contribution in [2.45, 2.75) is 13.3 Å². The normalized spacial score (nSPS) is 10.0. The van der Waals surface area contributed by atoms with Crippen molar-refractivity contribution in [2.24, 2.45) is 0 Å². The lowest BCUT2D eigenvalue weighted by Gasteiger charge is -2.05. The number of aryl methyl sites for hydroxylation is 1. The zero-order valence-electron chi connectivity index (χ0n) is 10.7. The maximum atomic E-state index is 10.8. The van der Waals surface area contributed by atoms with Crippen LogP contribution in [-0.2, 0) is 6.42 Å². The number of aromatic nitrogens is 1. The molecule has 0 atom stereocenters. The van der Waals surface area contributed by atoms with E-state index in [-0.39, 0.29) is 11.3 Å². The van der Waals surface area contributed by atoms with Gasteiger partial charge in [-0.05, 0) is 19.1 Å². The number of benzene rings is 1. The summed E-state index contributed by atoms with van der Waals surface area (Å²) in [6.45, 7) is 2.34. The van der Waals surface area contributed by atoms with Gasteiger partial charge in [-0.1, -0.05) is 0 Å². The molecule has 0 saturated heterocycles. The molecule has 0 radical (unpaired) electrons. The Hall–Kier alpha value is -2.46. The van der Waals surface area contributed by atoms with Crippen molar-refractivity contribution in [1.29, 1.82) is 5.26 Å². The molecule has 6 nitrogen and oxygen atoms in total. The van der Waals surface area contributed by atoms with Crippen molar-refractivity contribution in [2.75, 3.05) is 6.61 Å². The molecule has 0 aliphatic carbocycles. The largest absolute Gasteiger partial charge is 0.493 e. The maximum absolute atomic E-state index is 10.8. The second-order valence-electron chi connectivity index (χ2n) is 4.01. The lowest BCUT2D eigenvalue weighted by Crippen LogP contribution is -2.02. The highest BCUT2D eigenvalue weighted by Crippen LogP contribution is 2.24. The topological polar surface area (TPSA) is 89.0 Å². The highest BCUT2D eigenvalue weighted by atomic mass is 32.1. The summed E-state index contributed by atoms with van der Waals surface area (Å²) in [5.41, 5.74) is 2.54. The number of ether oxygens (including phenoxy) is 1. The molecule has 0 unspecified atom stereocenters. The number of rotatable bonds is 5. The fourth-order valence-electron chi connectivity index (χ4n) is 1.67. The van der Waals surface area contributed by atoms with Crippen molar-refractivity contribution in [3.05, 3.63) is 50.0 Å². The molecule has 0 bridgehead atoms. The van der Waals surface area contributed by atoms with Gasteiger partial charge in [-0.25, -0.2) is 4.98 Å². The van der Waals surface area contributed by atoms with Crippen LogP contribution >= 0.6 is 11.3 Å². The molecule has 1 aromatic heterocycles. The Labute approximate surface area is 119 Å². The van der Waals surface area contributed by atoms with Gasteiger partial charge in [0.05, 0.1) is 28.8 Å². The first-order valence-electron chi connectivity index (χ1n) is 5.82. The van der Waals surface area contributed by atoms with Crippen molar-refractivity contribution in [3.63, 3.8) is 0 Å². The molecular weight excluding hydrogens is 278 g/mol. The van der Waals surface area contributed by atoms with E-state index in [1.54, 1.807) is 29.0 Å². The maximum Gasteiger partial charge on any atom is 0.290 e.